The van der Waals surface area contributed by atoms with E-state index in [-0.39, 0.29) is 75.2 Å². The van der Waals surface area contributed by atoms with Gasteiger partial charge in [-0.25, -0.2) is 9.97 Å². The van der Waals surface area contributed by atoms with Crippen molar-refractivity contribution in [2.45, 2.75) is 40.4 Å². The molecule has 0 aliphatic carbocycles. The molecule has 0 saturated heterocycles. The lowest BCUT2D eigenvalue weighted by atomic mass is 10.1. The molecule has 0 unspecified atom stereocenters. The van der Waals surface area contributed by atoms with Crippen molar-refractivity contribution in [1.29, 1.82) is 0 Å². The Balaban J connectivity index is 0.000000892. The summed E-state index contributed by atoms with van der Waals surface area (Å²) in [6, 6.07) is 40.9. The smallest absolute Gasteiger partial charge is 0.424 e. The normalized spacial score (nSPS) is 11.1. The Morgan fingerprint density at radius 3 is 1.26 bits per heavy atom. The van der Waals surface area contributed by atoms with Crippen LogP contribution in [0.4, 0.5) is 0 Å². The van der Waals surface area contributed by atoms with Crippen molar-refractivity contribution in [3.63, 3.8) is 0 Å². The summed E-state index contributed by atoms with van der Waals surface area (Å²) in [6.07, 6.45) is 3.42. The number of aromatic nitrogens is 6. The van der Waals surface area contributed by atoms with E-state index in [2.05, 4.69) is 29.9 Å². The first-order valence-corrected chi connectivity index (χ1v) is 29.2. The molecule has 0 fully saturated rings. The van der Waals surface area contributed by atoms with E-state index in [1.807, 2.05) is 18.2 Å². The number of para-hydroxylation sites is 2. The first-order valence-electron chi connectivity index (χ1n) is 21.9. The van der Waals surface area contributed by atoms with Gasteiger partial charge in [0.2, 0.25) is 0 Å². The molecule has 26 nitrogen and oxygen atoms in total. The Hall–Kier alpha value is -8.73. The van der Waals surface area contributed by atoms with Gasteiger partial charge in [0.25, 0.3) is 30.4 Å². The highest BCUT2D eigenvalue weighted by atomic mass is 32.2. The van der Waals surface area contributed by atoms with E-state index in [1.165, 1.54) is 48.5 Å². The van der Waals surface area contributed by atoms with Crippen LogP contribution in [0.3, 0.4) is 0 Å². The van der Waals surface area contributed by atoms with Crippen molar-refractivity contribution in [1.82, 2.24) is 29.9 Å². The molecule has 32 heteroatoms. The first kappa shape index (κ1) is 62.1. The lowest BCUT2D eigenvalue weighted by Crippen LogP contribution is -2.10. The molecular weight excluding hydrogens is 1170 g/mol. The Morgan fingerprint density at radius 2 is 0.800 bits per heavy atom. The monoisotopic (exact) mass is 1210 g/mol. The molecule has 80 heavy (non-hydrogen) atoms. The van der Waals surface area contributed by atoms with Crippen LogP contribution >= 0.6 is 0 Å². The third-order valence-electron chi connectivity index (χ3n) is 9.99. The van der Waals surface area contributed by atoms with Gasteiger partial charge >= 0.3 is 43.8 Å². The minimum atomic E-state index is -4.74. The van der Waals surface area contributed by atoms with E-state index in [1.54, 1.807) is 97.1 Å². The fourth-order valence-corrected chi connectivity index (χ4v) is 8.91. The molecule has 416 valence electrons. The Morgan fingerprint density at radius 1 is 0.388 bits per heavy atom. The van der Waals surface area contributed by atoms with Gasteiger partial charge < -0.3 is 9.47 Å². The lowest BCUT2D eigenvalue weighted by Gasteiger charge is -2.11. The van der Waals surface area contributed by atoms with Gasteiger partial charge in [-0.2, -0.15) is 45.2 Å². The average molecular weight is 1210 g/mol. The van der Waals surface area contributed by atoms with Gasteiger partial charge in [-0.1, -0.05) is 115 Å². The molecule has 3 N–H and O–H groups in total. The van der Waals surface area contributed by atoms with Crippen LogP contribution in [0.2, 0.25) is 0 Å². The van der Waals surface area contributed by atoms with Gasteiger partial charge in [-0.05, 0) is 81.9 Å². The zero-order chi connectivity index (χ0) is 58.6. The maximum Gasteiger partial charge on any atom is 0.425 e. The summed E-state index contributed by atoms with van der Waals surface area (Å²) in [4.78, 5) is 26.0. The maximum atomic E-state index is 12.8. The summed E-state index contributed by atoms with van der Waals surface area (Å²) < 4.78 is 191. The molecular formula is C48H38N6O20S6. The predicted octanol–water partition coefficient (Wildman–Crippen LogP) is 4.90. The summed E-state index contributed by atoms with van der Waals surface area (Å²) in [5, 5.41) is 0. The third-order valence-corrected chi connectivity index (χ3v) is 12.7. The second-order valence-corrected chi connectivity index (χ2v) is 21.1. The molecule has 0 bridgehead atoms. The van der Waals surface area contributed by atoms with Gasteiger partial charge in [0.1, 0.15) is 39.7 Å². The predicted molar refractivity (Wildman–Crippen MR) is 277 cm³/mol. The zero-order valence-electron chi connectivity index (χ0n) is 40.3. The highest BCUT2D eigenvalue weighted by Gasteiger charge is 2.20. The second kappa shape index (κ2) is 28.8. The van der Waals surface area contributed by atoms with Crippen LogP contribution in [-0.4, -0.2) is 107 Å². The Labute approximate surface area is 460 Å². The highest BCUT2D eigenvalue weighted by Crippen LogP contribution is 2.26. The molecule has 2 aromatic heterocycles. The van der Waals surface area contributed by atoms with Crippen molar-refractivity contribution in [2.24, 2.45) is 0 Å². The van der Waals surface area contributed by atoms with Crippen LogP contribution < -0.4 is 9.47 Å². The van der Waals surface area contributed by atoms with Crippen molar-refractivity contribution < 1.29 is 86.3 Å². The summed E-state index contributed by atoms with van der Waals surface area (Å²) in [5.41, 5.74) is 2.86. The SMILES string of the molecule is O=S(=O)(O)c1cccc(Cc2nc(Cc3ccc(/C=C/c4ccc(Cc5nc(Cc6ccccc6S(=O)(=O)O)nc(Oc6ccccc6)n5)cc4S(=O)(=O)O)cc3)nc(Oc3ccccc3)n2)c1.O=S(=O)=O.O=S(=O)=O.O=S(=O)=O. The molecule has 0 atom stereocenters. The van der Waals surface area contributed by atoms with Crippen LogP contribution in [0.15, 0.2) is 166 Å². The number of rotatable bonds is 17. The molecule has 8 aromatic rings. The number of ether oxygens (including phenoxy) is 2. The quantitative estimate of drug-likeness (QED) is 0.0805. The van der Waals surface area contributed by atoms with E-state index < -0.39 is 62.2 Å². The van der Waals surface area contributed by atoms with Crippen LogP contribution in [0, 0.1) is 0 Å². The van der Waals surface area contributed by atoms with Gasteiger partial charge in [-0.15, -0.1) is 37.9 Å². The number of hydrogen-bond acceptors (Lipinski definition) is 23. The molecule has 8 rings (SSSR count). The summed E-state index contributed by atoms with van der Waals surface area (Å²) in [7, 11) is -23.1. The molecule has 0 radical (unpaired) electrons. The van der Waals surface area contributed by atoms with E-state index in [9.17, 15) is 38.9 Å². The van der Waals surface area contributed by atoms with E-state index in [4.69, 9.17) is 47.4 Å². The lowest BCUT2D eigenvalue weighted by molar-refractivity contribution is 0.433. The molecule has 0 aliphatic heterocycles. The summed E-state index contributed by atoms with van der Waals surface area (Å²) in [5.74, 6) is 1.83. The zero-order valence-corrected chi connectivity index (χ0v) is 45.2. The van der Waals surface area contributed by atoms with Crippen molar-refractivity contribution in [3.8, 4) is 23.5 Å². The summed E-state index contributed by atoms with van der Waals surface area (Å²) in [6.45, 7) is 0. The first-order chi connectivity index (χ1) is 37.7. The van der Waals surface area contributed by atoms with Crippen molar-refractivity contribution in [2.75, 3.05) is 0 Å². The fraction of sp³-hybridized carbons (Fsp3) is 0.0833. The molecule has 6 aromatic carbocycles. The van der Waals surface area contributed by atoms with Gasteiger partial charge in [0.05, 0.1) is 9.79 Å². The molecule has 0 saturated carbocycles. The van der Waals surface area contributed by atoms with Crippen molar-refractivity contribution in [3.05, 3.63) is 208 Å². The van der Waals surface area contributed by atoms with Crippen LogP contribution in [0.1, 0.15) is 56.7 Å². The summed E-state index contributed by atoms with van der Waals surface area (Å²) >= 11 is 0. The molecule has 0 aliphatic rings. The largest absolute Gasteiger partial charge is 0.425 e. The molecule has 0 amide bonds. The number of hydrogen-bond donors (Lipinski definition) is 3. The Bertz CT molecular complexity index is 4160. The van der Waals surface area contributed by atoms with Gasteiger partial charge in [0.15, 0.2) is 0 Å². The molecule has 0 spiro atoms. The average Bonchev–Trinajstić information content (AvgIpc) is 3.36. The standard InChI is InChI=1S/C48H38N6O11S3.3O3S/c55-66(56,57)40-16-9-10-34(26-40)29-44-49-43(51-47(52-44)64-38-12-3-1-4-13-38)28-33-20-18-32(19-21-33)22-24-36-25-23-35(27-42(36)68(61,62)63)30-45-50-46(31-37-11-7-8-17-41(37)67(58,59)60)54-48(53-45)65-39-14-5-2-6-15-39;3*1-4(2)3/h1-27H,28-31H2,(H,55,56,57)(H,58,59,60)(H,61,62,63);;;/b24-22+;;;. The van der Waals surface area contributed by atoms with Crippen LogP contribution in [-0.2, 0) is 87.9 Å². The minimum absolute atomic E-state index is 0.0298. The van der Waals surface area contributed by atoms with Gasteiger partial charge in [-0.3, -0.25) is 13.7 Å². The van der Waals surface area contributed by atoms with Crippen LogP contribution in [0.25, 0.3) is 12.2 Å². The Kier molecular flexibility index (Phi) is 22.3. The van der Waals surface area contributed by atoms with Gasteiger partial charge in [0, 0.05) is 25.7 Å². The van der Waals surface area contributed by atoms with Crippen LogP contribution in [0.5, 0.6) is 23.5 Å². The minimum Gasteiger partial charge on any atom is -0.424 e. The van der Waals surface area contributed by atoms with E-state index in [0.29, 0.717) is 39.8 Å². The van der Waals surface area contributed by atoms with E-state index in [0.717, 1.165) is 5.56 Å². The number of benzene rings is 6. The fourth-order valence-electron chi connectivity index (χ4n) is 6.90. The van der Waals surface area contributed by atoms with Crippen molar-refractivity contribution >= 4 is 74.3 Å². The third kappa shape index (κ3) is 21.6. The number of nitrogens with zero attached hydrogens (tertiary/aromatic N) is 6. The topological polar surface area (TPSA) is 413 Å². The maximum absolute atomic E-state index is 12.8. The second-order valence-electron chi connectivity index (χ2n) is 15.7. The van der Waals surface area contributed by atoms with E-state index >= 15 is 0 Å². The highest BCUT2D eigenvalue weighted by molar-refractivity contribution is 7.86. The molecule has 2 heterocycles.